The van der Waals surface area contributed by atoms with Gasteiger partial charge in [-0.2, -0.15) is 11.8 Å². The fourth-order valence-corrected chi connectivity index (χ4v) is 1.12. The molecule has 7 nitrogen and oxygen atoms in total. The maximum atomic E-state index is 10.1. The summed E-state index contributed by atoms with van der Waals surface area (Å²) in [6.45, 7) is -0.173. The van der Waals surface area contributed by atoms with Crippen LogP contribution >= 0.6 is 11.8 Å². The molecule has 102 valence electrons. The molecule has 17 heavy (non-hydrogen) atoms. The van der Waals surface area contributed by atoms with Crippen molar-refractivity contribution in [2.45, 2.75) is 24.9 Å². The van der Waals surface area contributed by atoms with Crippen LogP contribution in [0.2, 0.25) is 0 Å². The average Bonchev–Trinajstić information content (AvgIpc) is 2.26. The van der Waals surface area contributed by atoms with Crippen LogP contribution in [0, 0.1) is 0 Å². The first kappa shape index (κ1) is 18.5. The van der Waals surface area contributed by atoms with Crippen molar-refractivity contribution in [3.8, 4) is 0 Å². The van der Waals surface area contributed by atoms with Crippen molar-refractivity contribution in [2.75, 3.05) is 18.6 Å². The van der Waals surface area contributed by atoms with Crippen molar-refractivity contribution in [1.82, 2.24) is 0 Å². The number of nitrogens with two attached hydrogens (primary N) is 2. The first-order valence-electron chi connectivity index (χ1n) is 4.93. The van der Waals surface area contributed by atoms with Crippen molar-refractivity contribution in [3.63, 3.8) is 0 Å². The van der Waals surface area contributed by atoms with E-state index in [9.17, 15) is 9.59 Å². The van der Waals surface area contributed by atoms with Crippen molar-refractivity contribution in [2.24, 2.45) is 11.5 Å². The highest BCUT2D eigenvalue weighted by molar-refractivity contribution is 7.98. The highest BCUT2D eigenvalue weighted by atomic mass is 32.2. The quantitative estimate of drug-likeness (QED) is 0.392. The zero-order valence-electron chi connectivity index (χ0n) is 9.70. The van der Waals surface area contributed by atoms with Gasteiger partial charge in [-0.25, -0.2) is 0 Å². The lowest BCUT2D eigenvalue weighted by Crippen LogP contribution is -2.30. The minimum absolute atomic E-state index is 0.120. The van der Waals surface area contributed by atoms with E-state index >= 15 is 0 Å². The Labute approximate surface area is 104 Å². The number of carboxylic acids is 2. The first-order valence-corrected chi connectivity index (χ1v) is 6.32. The van der Waals surface area contributed by atoms with Gasteiger partial charge >= 0.3 is 11.9 Å². The number of rotatable bonds is 7. The van der Waals surface area contributed by atoms with Crippen molar-refractivity contribution in [3.05, 3.63) is 0 Å². The highest BCUT2D eigenvalue weighted by Gasteiger charge is 2.09. The third-order valence-corrected chi connectivity index (χ3v) is 2.35. The van der Waals surface area contributed by atoms with E-state index in [2.05, 4.69) is 0 Å². The molecule has 0 aliphatic rings. The maximum absolute atomic E-state index is 10.1. The molecular weight excluding hydrogens is 248 g/mol. The predicted molar refractivity (Wildman–Crippen MR) is 65.9 cm³/mol. The van der Waals surface area contributed by atoms with Crippen LogP contribution in [-0.2, 0) is 9.59 Å². The molecule has 0 spiro atoms. The standard InChI is InChI=1S/C5H11NO2S.C4H9NO3/c1-9-3-2-4(6)5(7)8;5-3(1-2-6)4(7)8/h4H,2-3,6H2,1H3,(H,7,8);3,6H,1-2,5H2,(H,7,8)/t4-;3-/m00/s1. The lowest BCUT2D eigenvalue weighted by atomic mass is 10.2. The minimum atomic E-state index is -1.07. The second-order valence-electron chi connectivity index (χ2n) is 3.18. The van der Waals surface area contributed by atoms with E-state index in [1.165, 1.54) is 0 Å². The second kappa shape index (κ2) is 11.6. The van der Waals surface area contributed by atoms with Gasteiger partial charge in [0.25, 0.3) is 0 Å². The van der Waals surface area contributed by atoms with Crippen LogP contribution in [0.4, 0.5) is 0 Å². The SMILES string of the molecule is CSCC[C@H](N)C(=O)O.N[C@@H](CCO)C(=O)O. The van der Waals surface area contributed by atoms with Gasteiger partial charge in [-0.15, -0.1) is 0 Å². The lowest BCUT2D eigenvalue weighted by Gasteiger charge is -2.02. The molecule has 0 aromatic heterocycles. The Morgan fingerprint density at radius 2 is 1.53 bits per heavy atom. The summed E-state index contributed by atoms with van der Waals surface area (Å²) in [4.78, 5) is 19.9. The molecule has 0 saturated heterocycles. The molecule has 0 fully saturated rings. The molecule has 0 unspecified atom stereocenters. The number of carbonyl (C=O) groups is 2. The molecule has 0 amide bonds. The molecule has 0 rings (SSSR count). The Bertz CT molecular complexity index is 227. The number of thioether (sulfide) groups is 1. The predicted octanol–water partition coefficient (Wildman–Crippen LogP) is -1.07. The Morgan fingerprint density at radius 1 is 1.12 bits per heavy atom. The Hall–Kier alpha value is -0.830. The summed E-state index contributed by atoms with van der Waals surface area (Å²) in [5, 5.41) is 24.5. The largest absolute Gasteiger partial charge is 0.480 e. The van der Waals surface area contributed by atoms with Crippen LogP contribution in [0.25, 0.3) is 0 Å². The van der Waals surface area contributed by atoms with Crippen LogP contribution in [0.1, 0.15) is 12.8 Å². The van der Waals surface area contributed by atoms with E-state index in [1.54, 1.807) is 11.8 Å². The third kappa shape index (κ3) is 13.1. The van der Waals surface area contributed by atoms with Gasteiger partial charge in [-0.05, 0) is 24.9 Å². The van der Waals surface area contributed by atoms with Crippen LogP contribution in [-0.4, -0.2) is 58.0 Å². The summed E-state index contributed by atoms with van der Waals surface area (Å²) < 4.78 is 0. The molecule has 0 radical (unpaired) electrons. The van der Waals surface area contributed by atoms with Crippen molar-refractivity contribution < 1.29 is 24.9 Å². The molecule has 2 atom stereocenters. The van der Waals surface area contributed by atoms with E-state index in [0.29, 0.717) is 6.42 Å². The van der Waals surface area contributed by atoms with Crippen molar-refractivity contribution in [1.29, 1.82) is 0 Å². The van der Waals surface area contributed by atoms with Gasteiger partial charge < -0.3 is 26.8 Å². The summed E-state index contributed by atoms with van der Waals surface area (Å²) in [6.07, 6.45) is 2.60. The summed E-state index contributed by atoms with van der Waals surface area (Å²) in [5.41, 5.74) is 10.2. The van der Waals surface area contributed by atoms with Gasteiger partial charge in [0, 0.05) is 6.61 Å². The van der Waals surface area contributed by atoms with Gasteiger partial charge in [0.1, 0.15) is 12.1 Å². The Kier molecular flexibility index (Phi) is 12.7. The molecule has 0 aliphatic heterocycles. The van der Waals surface area contributed by atoms with Crippen molar-refractivity contribution >= 4 is 23.7 Å². The number of hydrogen-bond acceptors (Lipinski definition) is 6. The molecule has 0 aromatic rings. The van der Waals surface area contributed by atoms with Gasteiger partial charge in [-0.3, -0.25) is 9.59 Å². The molecule has 0 aromatic carbocycles. The van der Waals surface area contributed by atoms with E-state index in [0.717, 1.165) is 5.75 Å². The van der Waals surface area contributed by atoms with Gasteiger partial charge in [-0.1, -0.05) is 0 Å². The van der Waals surface area contributed by atoms with E-state index in [1.807, 2.05) is 6.26 Å². The highest BCUT2D eigenvalue weighted by Crippen LogP contribution is 1.97. The fourth-order valence-electron chi connectivity index (χ4n) is 0.631. The topological polar surface area (TPSA) is 147 Å². The van der Waals surface area contributed by atoms with Crippen LogP contribution < -0.4 is 11.5 Å². The molecular formula is C9H20N2O5S. The number of hydrogen-bond donors (Lipinski definition) is 5. The normalized spacial score (nSPS) is 13.2. The first-order chi connectivity index (χ1) is 7.86. The van der Waals surface area contributed by atoms with Crippen LogP contribution in [0.3, 0.4) is 0 Å². The van der Waals surface area contributed by atoms with Gasteiger partial charge in [0.15, 0.2) is 0 Å². The zero-order valence-corrected chi connectivity index (χ0v) is 10.5. The Morgan fingerprint density at radius 3 is 1.76 bits per heavy atom. The summed E-state index contributed by atoms with van der Waals surface area (Å²) in [5.74, 6) is -1.17. The molecule has 0 bridgehead atoms. The molecule has 7 N–H and O–H groups in total. The van der Waals surface area contributed by atoms with Gasteiger partial charge in [0.05, 0.1) is 0 Å². The van der Waals surface area contributed by atoms with Crippen LogP contribution in [0.15, 0.2) is 0 Å². The summed E-state index contributed by atoms with van der Waals surface area (Å²) in [6, 6.07) is -1.60. The monoisotopic (exact) mass is 268 g/mol. The zero-order chi connectivity index (χ0) is 13.8. The minimum Gasteiger partial charge on any atom is -0.480 e. The number of aliphatic carboxylic acids is 2. The van der Waals surface area contributed by atoms with Gasteiger partial charge in [0.2, 0.25) is 0 Å². The van der Waals surface area contributed by atoms with E-state index in [-0.39, 0.29) is 13.0 Å². The number of carboxylic acid groups (broad SMARTS) is 2. The summed E-state index contributed by atoms with van der Waals surface area (Å²) in [7, 11) is 0. The summed E-state index contributed by atoms with van der Waals surface area (Å²) >= 11 is 1.60. The number of aliphatic hydroxyl groups is 1. The smallest absolute Gasteiger partial charge is 0.320 e. The Balaban J connectivity index is 0. The molecule has 8 heteroatoms. The number of aliphatic hydroxyl groups excluding tert-OH is 1. The molecule has 0 saturated carbocycles. The fraction of sp³-hybridized carbons (Fsp3) is 0.778. The second-order valence-corrected chi connectivity index (χ2v) is 4.17. The lowest BCUT2D eigenvalue weighted by molar-refractivity contribution is -0.139. The molecule has 0 heterocycles. The third-order valence-electron chi connectivity index (χ3n) is 1.71. The average molecular weight is 268 g/mol. The van der Waals surface area contributed by atoms with E-state index < -0.39 is 24.0 Å². The van der Waals surface area contributed by atoms with Crippen LogP contribution in [0.5, 0.6) is 0 Å². The van der Waals surface area contributed by atoms with E-state index in [4.69, 9.17) is 26.8 Å². The molecule has 0 aliphatic carbocycles. The maximum Gasteiger partial charge on any atom is 0.320 e.